The zero-order chi connectivity index (χ0) is 11.1. The second-order valence-corrected chi connectivity index (χ2v) is 3.88. The number of aliphatic hydroxyl groups excluding tert-OH is 2. The molecular weight excluding hydrogens is 176 g/mol. The summed E-state index contributed by atoms with van der Waals surface area (Å²) in [6.07, 6.45) is 3.55. The predicted molar refractivity (Wildman–Crippen MR) is 59.9 cm³/mol. The summed E-state index contributed by atoms with van der Waals surface area (Å²) >= 11 is 0. The smallest absolute Gasteiger partial charge is 0.0496 e. The van der Waals surface area contributed by atoms with Crippen molar-refractivity contribution < 1.29 is 10.2 Å². The van der Waals surface area contributed by atoms with E-state index in [0.717, 1.165) is 0 Å². The first kappa shape index (κ1) is 13.4. The van der Waals surface area contributed by atoms with Gasteiger partial charge in [-0.2, -0.15) is 0 Å². The second-order valence-electron chi connectivity index (χ2n) is 3.88. The Morgan fingerprint density at radius 1 is 0.929 bits per heavy atom. The first-order chi connectivity index (χ1) is 6.62. The summed E-state index contributed by atoms with van der Waals surface area (Å²) in [5.74, 6) is 0.790. The fourth-order valence-corrected chi connectivity index (χ4v) is 1.69. The fraction of sp³-hybridized carbons (Fsp3) is 0.667. The Morgan fingerprint density at radius 3 is 1.36 bits per heavy atom. The van der Waals surface area contributed by atoms with E-state index in [-0.39, 0.29) is 25.0 Å². The molecule has 0 bridgehead atoms. The molecule has 4 atom stereocenters. The van der Waals surface area contributed by atoms with Crippen LogP contribution in [0.15, 0.2) is 25.3 Å². The summed E-state index contributed by atoms with van der Waals surface area (Å²) in [6.45, 7) is 11.8. The lowest BCUT2D eigenvalue weighted by Crippen LogP contribution is -2.27. The fourth-order valence-electron chi connectivity index (χ4n) is 1.69. The van der Waals surface area contributed by atoms with Crippen molar-refractivity contribution in [2.24, 2.45) is 23.7 Å². The highest BCUT2D eigenvalue weighted by atomic mass is 16.3. The predicted octanol–water partition coefficient (Wildman–Crippen LogP) is 1.85. The van der Waals surface area contributed by atoms with Crippen LogP contribution in [0.5, 0.6) is 0 Å². The van der Waals surface area contributed by atoms with Gasteiger partial charge >= 0.3 is 0 Å². The standard InChI is InChI=1S/C12H22O2/c1-5-11(7-13)9(3)10(4)12(6-2)8-14/h5-6,9-14H,1-2,7-8H2,3-4H3/t9-,10+,11+,12-. The minimum absolute atomic E-state index is 0.0963. The minimum atomic E-state index is 0.0963. The third kappa shape index (κ3) is 3.28. The minimum Gasteiger partial charge on any atom is -0.396 e. The Kier molecular flexibility index (Phi) is 6.50. The van der Waals surface area contributed by atoms with E-state index < -0.39 is 0 Å². The van der Waals surface area contributed by atoms with Crippen LogP contribution in [-0.2, 0) is 0 Å². The molecule has 0 saturated heterocycles. The quantitative estimate of drug-likeness (QED) is 0.613. The SMILES string of the molecule is C=C[C@H](CO)[C@@H](C)[C@@H](C)[C@@H](C=C)CO. The van der Waals surface area contributed by atoms with Crippen molar-refractivity contribution in [2.75, 3.05) is 13.2 Å². The third-order valence-corrected chi connectivity index (χ3v) is 3.21. The highest BCUT2D eigenvalue weighted by Crippen LogP contribution is 2.27. The Hall–Kier alpha value is -0.600. The van der Waals surface area contributed by atoms with E-state index in [1.807, 2.05) is 0 Å². The van der Waals surface area contributed by atoms with Gasteiger partial charge in [0.15, 0.2) is 0 Å². The van der Waals surface area contributed by atoms with E-state index in [0.29, 0.717) is 11.8 Å². The largest absolute Gasteiger partial charge is 0.396 e. The van der Waals surface area contributed by atoms with Crippen LogP contribution in [0.1, 0.15) is 13.8 Å². The van der Waals surface area contributed by atoms with E-state index >= 15 is 0 Å². The van der Waals surface area contributed by atoms with E-state index in [4.69, 9.17) is 10.2 Å². The molecule has 0 fully saturated rings. The van der Waals surface area contributed by atoms with Gasteiger partial charge in [0.2, 0.25) is 0 Å². The summed E-state index contributed by atoms with van der Waals surface area (Å²) in [5, 5.41) is 18.2. The topological polar surface area (TPSA) is 40.5 Å². The van der Waals surface area contributed by atoms with Crippen molar-refractivity contribution in [3.63, 3.8) is 0 Å². The van der Waals surface area contributed by atoms with Gasteiger partial charge in [0, 0.05) is 25.0 Å². The van der Waals surface area contributed by atoms with Crippen LogP contribution < -0.4 is 0 Å². The van der Waals surface area contributed by atoms with Crippen molar-refractivity contribution in [1.29, 1.82) is 0 Å². The Balaban J connectivity index is 4.40. The molecule has 2 N–H and O–H groups in total. The summed E-state index contributed by atoms with van der Waals surface area (Å²) in [7, 11) is 0. The van der Waals surface area contributed by atoms with E-state index in [1.54, 1.807) is 12.2 Å². The average Bonchev–Trinajstić information content (AvgIpc) is 2.21. The molecule has 14 heavy (non-hydrogen) atoms. The average molecular weight is 198 g/mol. The first-order valence-electron chi connectivity index (χ1n) is 5.09. The highest BCUT2D eigenvalue weighted by Gasteiger charge is 2.24. The number of hydrogen-bond acceptors (Lipinski definition) is 2. The van der Waals surface area contributed by atoms with Crippen molar-refractivity contribution >= 4 is 0 Å². The van der Waals surface area contributed by atoms with Gasteiger partial charge in [0.25, 0.3) is 0 Å². The zero-order valence-electron chi connectivity index (χ0n) is 9.19. The van der Waals surface area contributed by atoms with Crippen molar-refractivity contribution in [1.82, 2.24) is 0 Å². The van der Waals surface area contributed by atoms with Gasteiger partial charge < -0.3 is 10.2 Å². The number of hydrogen-bond donors (Lipinski definition) is 2. The molecule has 2 nitrogen and oxygen atoms in total. The third-order valence-electron chi connectivity index (χ3n) is 3.21. The molecule has 0 radical (unpaired) electrons. The van der Waals surface area contributed by atoms with Gasteiger partial charge in [-0.25, -0.2) is 0 Å². The van der Waals surface area contributed by atoms with Crippen molar-refractivity contribution in [3.8, 4) is 0 Å². The molecule has 82 valence electrons. The van der Waals surface area contributed by atoms with Crippen molar-refractivity contribution in [3.05, 3.63) is 25.3 Å². The Bertz CT molecular complexity index is 157. The molecule has 0 aliphatic rings. The maximum absolute atomic E-state index is 9.11. The molecule has 2 heteroatoms. The van der Waals surface area contributed by atoms with Gasteiger partial charge in [0.1, 0.15) is 0 Å². The van der Waals surface area contributed by atoms with E-state index in [2.05, 4.69) is 27.0 Å². The van der Waals surface area contributed by atoms with Crippen LogP contribution in [0.4, 0.5) is 0 Å². The Morgan fingerprint density at radius 2 is 1.21 bits per heavy atom. The summed E-state index contributed by atoms with van der Waals surface area (Å²) in [4.78, 5) is 0. The van der Waals surface area contributed by atoms with Crippen LogP contribution >= 0.6 is 0 Å². The lowest BCUT2D eigenvalue weighted by molar-refractivity contribution is 0.134. The molecule has 0 spiro atoms. The molecule has 0 heterocycles. The van der Waals surface area contributed by atoms with Gasteiger partial charge in [0.05, 0.1) is 0 Å². The lowest BCUT2D eigenvalue weighted by Gasteiger charge is -2.29. The Labute approximate surface area is 87.0 Å². The molecule has 0 aromatic rings. The molecule has 0 aromatic carbocycles. The van der Waals surface area contributed by atoms with Gasteiger partial charge in [-0.15, -0.1) is 13.2 Å². The molecular formula is C12H22O2. The second kappa shape index (κ2) is 6.80. The summed E-state index contributed by atoms with van der Waals surface area (Å²) in [6, 6.07) is 0. The molecule has 0 unspecified atom stereocenters. The summed E-state index contributed by atoms with van der Waals surface area (Å²) < 4.78 is 0. The normalized spacial score (nSPS) is 19.4. The maximum Gasteiger partial charge on any atom is 0.0496 e. The molecule has 0 saturated carbocycles. The van der Waals surface area contributed by atoms with Crippen molar-refractivity contribution in [2.45, 2.75) is 13.8 Å². The van der Waals surface area contributed by atoms with Gasteiger partial charge in [-0.1, -0.05) is 26.0 Å². The maximum atomic E-state index is 9.11. The molecule has 0 amide bonds. The van der Waals surface area contributed by atoms with E-state index in [1.165, 1.54) is 0 Å². The molecule has 0 rings (SSSR count). The summed E-state index contributed by atoms with van der Waals surface area (Å²) in [5.41, 5.74) is 0. The van der Waals surface area contributed by atoms with Gasteiger partial charge in [-0.3, -0.25) is 0 Å². The van der Waals surface area contributed by atoms with Crippen LogP contribution in [-0.4, -0.2) is 23.4 Å². The highest BCUT2D eigenvalue weighted by molar-refractivity contribution is 4.90. The van der Waals surface area contributed by atoms with Crippen LogP contribution in [0.2, 0.25) is 0 Å². The number of rotatable bonds is 7. The van der Waals surface area contributed by atoms with Gasteiger partial charge in [-0.05, 0) is 11.8 Å². The first-order valence-corrected chi connectivity index (χ1v) is 5.09. The lowest BCUT2D eigenvalue weighted by atomic mass is 9.77. The zero-order valence-corrected chi connectivity index (χ0v) is 9.19. The van der Waals surface area contributed by atoms with E-state index in [9.17, 15) is 0 Å². The molecule has 0 aromatic heterocycles. The molecule has 0 aliphatic heterocycles. The number of aliphatic hydroxyl groups is 2. The monoisotopic (exact) mass is 198 g/mol. The molecule has 0 aliphatic carbocycles. The van der Waals surface area contributed by atoms with Crippen LogP contribution in [0.3, 0.4) is 0 Å². The van der Waals surface area contributed by atoms with Crippen LogP contribution in [0.25, 0.3) is 0 Å². The van der Waals surface area contributed by atoms with Crippen LogP contribution in [0, 0.1) is 23.7 Å².